The van der Waals surface area contributed by atoms with E-state index >= 15 is 0 Å². The van der Waals surface area contributed by atoms with Gasteiger partial charge >= 0.3 is 0 Å². The zero-order valence-corrected chi connectivity index (χ0v) is 13.8. The van der Waals surface area contributed by atoms with E-state index in [9.17, 15) is 9.59 Å². The molecule has 5 heteroatoms. The average molecular weight is 324 g/mol. The van der Waals surface area contributed by atoms with E-state index in [2.05, 4.69) is 5.32 Å². The predicted octanol–water partition coefficient (Wildman–Crippen LogP) is 2.54. The molecule has 0 aliphatic carbocycles. The quantitative estimate of drug-likeness (QED) is 0.940. The maximum Gasteiger partial charge on any atom is 0.251 e. The van der Waals surface area contributed by atoms with Gasteiger partial charge in [0.25, 0.3) is 5.91 Å². The molecule has 0 bridgehead atoms. The number of methoxy groups -OCH3 is 1. The number of nitrogens with one attached hydrogen (secondary N) is 1. The second-order valence-electron chi connectivity index (χ2n) is 5.95. The van der Waals surface area contributed by atoms with Crippen LogP contribution < -0.4 is 15.0 Å². The van der Waals surface area contributed by atoms with Crippen molar-refractivity contribution in [3.63, 3.8) is 0 Å². The van der Waals surface area contributed by atoms with E-state index in [1.807, 2.05) is 31.2 Å². The van der Waals surface area contributed by atoms with Crippen molar-refractivity contribution in [2.24, 2.45) is 0 Å². The second kappa shape index (κ2) is 6.74. The van der Waals surface area contributed by atoms with Crippen molar-refractivity contribution in [3.05, 3.63) is 59.7 Å². The SMILES string of the molecule is COc1cccc(C(=O)NC2CC(=O)N(c3ccc(C)cc3)C2)c1. The third-order valence-corrected chi connectivity index (χ3v) is 4.14. The molecule has 24 heavy (non-hydrogen) atoms. The molecule has 1 N–H and O–H groups in total. The van der Waals surface area contributed by atoms with E-state index in [-0.39, 0.29) is 17.9 Å². The maximum absolute atomic E-state index is 12.4. The van der Waals surface area contributed by atoms with Gasteiger partial charge in [0.1, 0.15) is 5.75 Å². The van der Waals surface area contributed by atoms with Crippen LogP contribution in [0.5, 0.6) is 5.75 Å². The minimum absolute atomic E-state index is 0.0230. The smallest absolute Gasteiger partial charge is 0.251 e. The summed E-state index contributed by atoms with van der Waals surface area (Å²) in [6, 6.07) is 14.6. The van der Waals surface area contributed by atoms with Crippen LogP contribution in [0.25, 0.3) is 0 Å². The third kappa shape index (κ3) is 3.40. The molecule has 0 saturated carbocycles. The Kier molecular flexibility index (Phi) is 4.51. The average Bonchev–Trinajstić information content (AvgIpc) is 2.96. The zero-order valence-electron chi connectivity index (χ0n) is 13.8. The van der Waals surface area contributed by atoms with E-state index in [0.717, 1.165) is 11.3 Å². The third-order valence-electron chi connectivity index (χ3n) is 4.14. The van der Waals surface area contributed by atoms with Gasteiger partial charge in [0.2, 0.25) is 5.91 Å². The summed E-state index contributed by atoms with van der Waals surface area (Å²) in [7, 11) is 1.56. The second-order valence-corrected chi connectivity index (χ2v) is 5.95. The van der Waals surface area contributed by atoms with E-state index in [4.69, 9.17) is 4.74 Å². The van der Waals surface area contributed by atoms with Crippen molar-refractivity contribution < 1.29 is 14.3 Å². The summed E-state index contributed by atoms with van der Waals surface area (Å²) in [6.07, 6.45) is 0.309. The molecule has 1 fully saturated rings. The summed E-state index contributed by atoms with van der Waals surface area (Å²) in [4.78, 5) is 26.3. The van der Waals surface area contributed by atoms with Gasteiger partial charge in [-0.15, -0.1) is 0 Å². The number of carbonyl (C=O) groups is 2. The largest absolute Gasteiger partial charge is 0.497 e. The highest BCUT2D eigenvalue weighted by molar-refractivity contribution is 5.99. The summed E-state index contributed by atoms with van der Waals surface area (Å²) < 4.78 is 5.13. The first-order chi connectivity index (χ1) is 11.6. The molecule has 1 unspecified atom stereocenters. The molecular weight excluding hydrogens is 304 g/mol. The molecule has 2 aromatic rings. The van der Waals surface area contributed by atoms with Crippen molar-refractivity contribution in [1.29, 1.82) is 0 Å². The lowest BCUT2D eigenvalue weighted by Crippen LogP contribution is -2.37. The summed E-state index contributed by atoms with van der Waals surface area (Å²) in [6.45, 7) is 2.49. The van der Waals surface area contributed by atoms with E-state index in [1.165, 1.54) is 0 Å². The van der Waals surface area contributed by atoms with Crippen molar-refractivity contribution in [2.75, 3.05) is 18.6 Å². The van der Waals surface area contributed by atoms with Crippen molar-refractivity contribution >= 4 is 17.5 Å². The van der Waals surface area contributed by atoms with E-state index < -0.39 is 0 Å². The van der Waals surface area contributed by atoms with E-state index in [1.54, 1.807) is 36.3 Å². The van der Waals surface area contributed by atoms with Crippen LogP contribution >= 0.6 is 0 Å². The van der Waals surface area contributed by atoms with Crippen LogP contribution in [0.1, 0.15) is 22.3 Å². The highest BCUT2D eigenvalue weighted by atomic mass is 16.5. The van der Waals surface area contributed by atoms with Gasteiger partial charge in [0.05, 0.1) is 13.2 Å². The Morgan fingerprint density at radius 3 is 2.67 bits per heavy atom. The minimum atomic E-state index is -0.197. The fraction of sp³-hybridized carbons (Fsp3) is 0.263. The molecular formula is C19H20N2O3. The van der Waals surface area contributed by atoms with Crippen molar-refractivity contribution in [3.8, 4) is 5.75 Å². The summed E-state index contributed by atoms with van der Waals surface area (Å²) in [5, 5.41) is 2.93. The standard InChI is InChI=1S/C19H20N2O3/c1-13-6-8-16(9-7-13)21-12-15(11-18(21)22)20-19(23)14-4-3-5-17(10-14)24-2/h3-10,15H,11-12H2,1-2H3,(H,20,23). The normalized spacial score (nSPS) is 17.0. The topological polar surface area (TPSA) is 58.6 Å². The number of hydrogen-bond donors (Lipinski definition) is 1. The van der Waals surface area contributed by atoms with Crippen molar-refractivity contribution in [2.45, 2.75) is 19.4 Å². The lowest BCUT2D eigenvalue weighted by atomic mass is 10.1. The highest BCUT2D eigenvalue weighted by Gasteiger charge is 2.31. The zero-order chi connectivity index (χ0) is 17.1. The summed E-state index contributed by atoms with van der Waals surface area (Å²) in [5.41, 5.74) is 2.53. The molecule has 2 aromatic carbocycles. The first kappa shape index (κ1) is 16.1. The number of aryl methyl sites for hydroxylation is 1. The van der Waals surface area contributed by atoms with E-state index in [0.29, 0.717) is 24.3 Å². The van der Waals surface area contributed by atoms with Crippen LogP contribution in [0.2, 0.25) is 0 Å². The fourth-order valence-electron chi connectivity index (χ4n) is 2.81. The number of carbonyl (C=O) groups excluding carboxylic acids is 2. The molecule has 0 radical (unpaired) electrons. The Labute approximate surface area is 141 Å². The monoisotopic (exact) mass is 324 g/mol. The van der Waals surface area contributed by atoms with Crippen LogP contribution in [-0.4, -0.2) is 31.5 Å². The molecule has 1 aliphatic heterocycles. The Morgan fingerprint density at radius 2 is 1.96 bits per heavy atom. The predicted molar refractivity (Wildman–Crippen MR) is 92.4 cm³/mol. The molecule has 5 nitrogen and oxygen atoms in total. The van der Waals surface area contributed by atoms with Gasteiger partial charge in [-0.2, -0.15) is 0 Å². The molecule has 3 rings (SSSR count). The number of rotatable bonds is 4. The Morgan fingerprint density at radius 1 is 1.21 bits per heavy atom. The molecule has 124 valence electrons. The van der Waals surface area contributed by atoms with Gasteiger partial charge in [-0.3, -0.25) is 9.59 Å². The number of hydrogen-bond acceptors (Lipinski definition) is 3. The lowest BCUT2D eigenvalue weighted by molar-refractivity contribution is -0.117. The number of benzene rings is 2. The Hall–Kier alpha value is -2.82. The lowest BCUT2D eigenvalue weighted by Gasteiger charge is -2.17. The number of anilines is 1. The maximum atomic E-state index is 12.4. The Bertz CT molecular complexity index is 755. The molecule has 0 aromatic heterocycles. The van der Waals surface area contributed by atoms with Crippen LogP contribution in [0, 0.1) is 6.92 Å². The summed E-state index contributed by atoms with van der Waals surface area (Å²) >= 11 is 0. The van der Waals surface area contributed by atoms with Crippen LogP contribution in [0.4, 0.5) is 5.69 Å². The van der Waals surface area contributed by atoms with Gasteiger partial charge < -0.3 is 15.0 Å². The fourth-order valence-corrected chi connectivity index (χ4v) is 2.81. The van der Waals surface area contributed by atoms with Crippen LogP contribution in [-0.2, 0) is 4.79 Å². The van der Waals surface area contributed by atoms with Gasteiger partial charge in [-0.1, -0.05) is 23.8 Å². The van der Waals surface area contributed by atoms with Crippen LogP contribution in [0.3, 0.4) is 0 Å². The first-order valence-electron chi connectivity index (χ1n) is 7.89. The van der Waals surface area contributed by atoms with Gasteiger partial charge in [0, 0.05) is 24.2 Å². The van der Waals surface area contributed by atoms with Gasteiger partial charge in [0.15, 0.2) is 0 Å². The number of ether oxygens (including phenoxy) is 1. The molecule has 1 atom stereocenters. The molecule has 1 heterocycles. The van der Waals surface area contributed by atoms with Gasteiger partial charge in [-0.25, -0.2) is 0 Å². The number of amides is 2. The van der Waals surface area contributed by atoms with Crippen LogP contribution in [0.15, 0.2) is 48.5 Å². The van der Waals surface area contributed by atoms with Gasteiger partial charge in [-0.05, 0) is 37.3 Å². The summed E-state index contributed by atoms with van der Waals surface area (Å²) in [5.74, 6) is 0.457. The molecule has 1 aliphatic rings. The van der Waals surface area contributed by atoms with Crippen molar-refractivity contribution in [1.82, 2.24) is 5.32 Å². The number of nitrogens with zero attached hydrogens (tertiary/aromatic N) is 1. The first-order valence-corrected chi connectivity index (χ1v) is 7.89. The molecule has 0 spiro atoms. The Balaban J connectivity index is 1.67. The minimum Gasteiger partial charge on any atom is -0.497 e. The highest BCUT2D eigenvalue weighted by Crippen LogP contribution is 2.22. The molecule has 1 saturated heterocycles. The molecule has 2 amide bonds.